The number of benzene rings is 1. The number of rotatable bonds is 7. The van der Waals surface area contributed by atoms with E-state index in [0.29, 0.717) is 6.61 Å². The fraction of sp³-hybridized carbons (Fsp3) is 0.556. The summed E-state index contributed by atoms with van der Waals surface area (Å²) in [5.41, 5.74) is 0.161. The average molecular weight is 359 g/mol. The number of halogens is 2. The lowest BCUT2D eigenvalue weighted by Crippen LogP contribution is -2.18. The topological polar surface area (TPSA) is 52.6 Å². The van der Waals surface area contributed by atoms with Gasteiger partial charge in [-0.2, -0.15) is 0 Å². The third kappa shape index (κ3) is 7.77. The molecule has 6 heteroatoms. The molecule has 1 rings (SSSR count). The van der Waals surface area contributed by atoms with Crippen molar-refractivity contribution in [3.05, 3.63) is 29.0 Å². The molecular weight excluding hydrogens is 335 g/mol. The number of hydrogen-bond acceptors (Lipinski definition) is 4. The maximum atomic E-state index is 13.5. The Balaban J connectivity index is 2.35. The first-order valence-electron chi connectivity index (χ1n) is 7.89. The van der Waals surface area contributed by atoms with Crippen LogP contribution in [-0.4, -0.2) is 18.5 Å². The minimum Gasteiger partial charge on any atom is -0.465 e. The average Bonchev–Trinajstić information content (AvgIpc) is 2.45. The summed E-state index contributed by atoms with van der Waals surface area (Å²) in [7, 11) is 0. The van der Waals surface area contributed by atoms with Crippen LogP contribution in [0.1, 0.15) is 47.0 Å². The summed E-state index contributed by atoms with van der Waals surface area (Å²) in [5, 5.41) is 0.00179. The number of para-hydroxylation sites is 1. The maximum Gasteiger partial charge on any atom is 0.311 e. The minimum absolute atomic E-state index is 0.00179. The highest BCUT2D eigenvalue weighted by Crippen LogP contribution is 2.27. The molecule has 1 aromatic carbocycles. The number of carbonyl (C=O) groups is 2. The molecule has 0 saturated heterocycles. The van der Waals surface area contributed by atoms with Crippen LogP contribution in [0.25, 0.3) is 0 Å². The van der Waals surface area contributed by atoms with Gasteiger partial charge in [0, 0.05) is 0 Å². The molecule has 0 amide bonds. The van der Waals surface area contributed by atoms with Gasteiger partial charge in [0.1, 0.15) is 0 Å². The van der Waals surface area contributed by atoms with E-state index in [-0.39, 0.29) is 34.9 Å². The van der Waals surface area contributed by atoms with Gasteiger partial charge in [-0.3, -0.25) is 9.59 Å². The first-order chi connectivity index (χ1) is 11.1. The van der Waals surface area contributed by atoms with Crippen molar-refractivity contribution in [2.24, 2.45) is 11.3 Å². The number of carbonyl (C=O) groups excluding carboxylic acids is 2. The van der Waals surface area contributed by atoms with E-state index in [1.807, 2.05) is 6.92 Å². The van der Waals surface area contributed by atoms with Gasteiger partial charge in [-0.1, -0.05) is 45.4 Å². The van der Waals surface area contributed by atoms with E-state index in [0.717, 1.165) is 12.5 Å². The highest BCUT2D eigenvalue weighted by atomic mass is 35.5. The Morgan fingerprint density at radius 3 is 2.42 bits per heavy atom. The monoisotopic (exact) mass is 358 g/mol. The minimum atomic E-state index is -0.735. The Bertz CT molecular complexity index is 561. The fourth-order valence-corrected chi connectivity index (χ4v) is 2.56. The van der Waals surface area contributed by atoms with Crippen molar-refractivity contribution in [2.75, 3.05) is 6.61 Å². The molecule has 0 saturated carbocycles. The lowest BCUT2D eigenvalue weighted by Gasteiger charge is -2.22. The third-order valence-corrected chi connectivity index (χ3v) is 3.46. The van der Waals surface area contributed by atoms with Crippen LogP contribution in [0.5, 0.6) is 5.75 Å². The second-order valence-electron chi connectivity index (χ2n) is 7.08. The van der Waals surface area contributed by atoms with E-state index in [4.69, 9.17) is 21.1 Å². The highest BCUT2D eigenvalue weighted by molar-refractivity contribution is 6.32. The van der Waals surface area contributed by atoms with Crippen LogP contribution in [0.2, 0.25) is 5.02 Å². The second kappa shape index (κ2) is 9.02. The highest BCUT2D eigenvalue weighted by Gasteiger charge is 2.18. The molecule has 134 valence electrons. The summed E-state index contributed by atoms with van der Waals surface area (Å²) in [6.45, 7) is 8.68. The van der Waals surface area contributed by atoms with E-state index >= 15 is 0 Å². The van der Waals surface area contributed by atoms with Crippen molar-refractivity contribution in [1.82, 2.24) is 0 Å². The van der Waals surface area contributed by atoms with Gasteiger partial charge in [0.05, 0.1) is 24.5 Å². The van der Waals surface area contributed by atoms with Crippen LogP contribution in [0.15, 0.2) is 18.2 Å². The molecule has 0 N–H and O–H groups in total. The molecule has 0 aliphatic rings. The normalized spacial score (nSPS) is 12.6. The third-order valence-electron chi connectivity index (χ3n) is 3.16. The van der Waals surface area contributed by atoms with Crippen LogP contribution in [0, 0.1) is 17.2 Å². The van der Waals surface area contributed by atoms with Crippen molar-refractivity contribution in [1.29, 1.82) is 0 Å². The Kier molecular flexibility index (Phi) is 7.67. The summed E-state index contributed by atoms with van der Waals surface area (Å²) >= 11 is 5.76. The molecular formula is C18H24ClFO4. The van der Waals surface area contributed by atoms with Crippen molar-refractivity contribution < 1.29 is 23.5 Å². The van der Waals surface area contributed by atoms with E-state index in [9.17, 15) is 14.0 Å². The maximum absolute atomic E-state index is 13.5. The number of hydrogen-bond donors (Lipinski definition) is 0. The molecule has 0 aliphatic heterocycles. The molecule has 0 fully saturated rings. The van der Waals surface area contributed by atoms with Crippen LogP contribution in [0.4, 0.5) is 4.39 Å². The zero-order chi connectivity index (χ0) is 18.3. The molecule has 0 bridgehead atoms. The number of esters is 2. The Morgan fingerprint density at radius 1 is 1.21 bits per heavy atom. The molecule has 0 aliphatic carbocycles. The van der Waals surface area contributed by atoms with Crippen molar-refractivity contribution in [3.8, 4) is 5.75 Å². The molecule has 4 nitrogen and oxygen atoms in total. The van der Waals surface area contributed by atoms with Gasteiger partial charge in [-0.05, 0) is 29.9 Å². The lowest BCUT2D eigenvalue weighted by molar-refractivity contribution is -0.148. The summed E-state index contributed by atoms with van der Waals surface area (Å²) < 4.78 is 23.5. The molecule has 1 aromatic rings. The standard InChI is InChI=1S/C18H24ClFO4/c1-12(10-18(2,3)4)11-23-15(21)8-9-16(22)24-17-13(19)6-5-7-14(17)20/h5-7,12H,8-11H2,1-4H3. The lowest BCUT2D eigenvalue weighted by atomic mass is 9.86. The smallest absolute Gasteiger partial charge is 0.311 e. The Morgan fingerprint density at radius 2 is 1.83 bits per heavy atom. The van der Waals surface area contributed by atoms with E-state index in [1.165, 1.54) is 12.1 Å². The van der Waals surface area contributed by atoms with Crippen LogP contribution in [-0.2, 0) is 14.3 Å². The molecule has 1 atom stereocenters. The van der Waals surface area contributed by atoms with Crippen LogP contribution in [0.3, 0.4) is 0 Å². The summed E-state index contributed by atoms with van der Waals surface area (Å²) in [6.07, 6.45) is 0.610. The van der Waals surface area contributed by atoms with Gasteiger partial charge in [-0.15, -0.1) is 0 Å². The van der Waals surface area contributed by atoms with Crippen LogP contribution >= 0.6 is 11.6 Å². The quantitative estimate of drug-likeness (QED) is 0.520. The summed E-state index contributed by atoms with van der Waals surface area (Å²) in [5.74, 6) is -2.03. The van der Waals surface area contributed by atoms with Gasteiger partial charge >= 0.3 is 11.9 Å². The Labute approximate surface area is 147 Å². The predicted molar refractivity (Wildman–Crippen MR) is 90.5 cm³/mol. The van der Waals surface area contributed by atoms with Gasteiger partial charge in [0.25, 0.3) is 0 Å². The van der Waals surface area contributed by atoms with Crippen molar-refractivity contribution in [2.45, 2.75) is 47.0 Å². The van der Waals surface area contributed by atoms with Crippen LogP contribution < -0.4 is 4.74 Å². The Hall–Kier alpha value is -1.62. The first kappa shape index (κ1) is 20.4. The summed E-state index contributed by atoms with van der Waals surface area (Å²) in [6, 6.07) is 3.96. The molecule has 0 spiro atoms. The molecule has 0 heterocycles. The summed E-state index contributed by atoms with van der Waals surface area (Å²) in [4.78, 5) is 23.4. The van der Waals surface area contributed by atoms with E-state index in [1.54, 1.807) is 0 Å². The van der Waals surface area contributed by atoms with Gasteiger partial charge in [-0.25, -0.2) is 4.39 Å². The predicted octanol–water partition coefficient (Wildman–Crippen LogP) is 4.78. The molecule has 1 unspecified atom stereocenters. The SMILES string of the molecule is CC(COC(=O)CCC(=O)Oc1c(F)cccc1Cl)CC(C)(C)C. The first-order valence-corrected chi connectivity index (χ1v) is 8.26. The van der Waals surface area contributed by atoms with Crippen molar-refractivity contribution in [3.63, 3.8) is 0 Å². The van der Waals surface area contributed by atoms with Crippen molar-refractivity contribution >= 4 is 23.5 Å². The molecule has 0 radical (unpaired) electrons. The second-order valence-corrected chi connectivity index (χ2v) is 7.49. The van der Waals surface area contributed by atoms with Gasteiger partial charge in [0.2, 0.25) is 0 Å². The zero-order valence-corrected chi connectivity index (χ0v) is 15.3. The van der Waals surface area contributed by atoms with E-state index < -0.39 is 17.8 Å². The molecule has 0 aromatic heterocycles. The number of ether oxygens (including phenoxy) is 2. The van der Waals surface area contributed by atoms with E-state index in [2.05, 4.69) is 20.8 Å². The van der Waals surface area contributed by atoms with Gasteiger partial charge in [0.15, 0.2) is 11.6 Å². The zero-order valence-electron chi connectivity index (χ0n) is 14.5. The molecule has 24 heavy (non-hydrogen) atoms. The fourth-order valence-electron chi connectivity index (χ4n) is 2.36. The van der Waals surface area contributed by atoms with Gasteiger partial charge < -0.3 is 9.47 Å². The largest absolute Gasteiger partial charge is 0.465 e.